The van der Waals surface area contributed by atoms with Gasteiger partial charge in [0, 0.05) is 26.7 Å². The van der Waals surface area contributed by atoms with E-state index in [1.54, 1.807) is 4.90 Å². The first-order chi connectivity index (χ1) is 5.25. The zero-order valence-electron chi connectivity index (χ0n) is 7.13. The lowest BCUT2D eigenvalue weighted by molar-refractivity contribution is 0.175. The summed E-state index contributed by atoms with van der Waals surface area (Å²) in [5.74, 6) is 0. The summed E-state index contributed by atoms with van der Waals surface area (Å²) in [5.41, 5.74) is 0. The number of amides is 2. The van der Waals surface area contributed by atoms with Crippen molar-refractivity contribution in [2.45, 2.75) is 6.92 Å². The van der Waals surface area contributed by atoms with Gasteiger partial charge in [0.05, 0.1) is 6.67 Å². The molecular weight excluding hydrogens is 142 g/mol. The summed E-state index contributed by atoms with van der Waals surface area (Å²) >= 11 is 0. The zero-order valence-corrected chi connectivity index (χ0v) is 7.13. The minimum absolute atomic E-state index is 0.123. The topological polar surface area (TPSA) is 35.6 Å². The maximum Gasteiger partial charge on any atom is 0.320 e. The van der Waals surface area contributed by atoms with E-state index in [4.69, 9.17) is 0 Å². The SMILES string of the molecule is CCN(C)C(=O)N1CCNC1. The molecule has 0 saturated carbocycles. The molecule has 64 valence electrons. The molecule has 0 aromatic heterocycles. The fourth-order valence-corrected chi connectivity index (χ4v) is 1.05. The molecule has 0 unspecified atom stereocenters. The van der Waals surface area contributed by atoms with E-state index >= 15 is 0 Å². The third-order valence-corrected chi connectivity index (χ3v) is 1.93. The van der Waals surface area contributed by atoms with Crippen molar-refractivity contribution in [3.63, 3.8) is 0 Å². The van der Waals surface area contributed by atoms with Gasteiger partial charge in [-0.1, -0.05) is 0 Å². The first-order valence-corrected chi connectivity index (χ1v) is 3.96. The number of carbonyl (C=O) groups is 1. The summed E-state index contributed by atoms with van der Waals surface area (Å²) in [6.07, 6.45) is 0. The van der Waals surface area contributed by atoms with Crippen molar-refractivity contribution in [3.8, 4) is 0 Å². The lowest BCUT2D eigenvalue weighted by atomic mass is 10.6. The Kier molecular flexibility index (Phi) is 2.70. The van der Waals surface area contributed by atoms with Gasteiger partial charge in [0.25, 0.3) is 0 Å². The third-order valence-electron chi connectivity index (χ3n) is 1.93. The van der Waals surface area contributed by atoms with Crippen molar-refractivity contribution in [2.75, 3.05) is 33.4 Å². The predicted octanol–water partition coefficient (Wildman–Crippen LogP) is -0.0792. The molecular formula is C7H15N3O. The van der Waals surface area contributed by atoms with Crippen LogP contribution in [0.3, 0.4) is 0 Å². The lowest BCUT2D eigenvalue weighted by Crippen LogP contribution is -2.40. The molecule has 1 saturated heterocycles. The fraction of sp³-hybridized carbons (Fsp3) is 0.857. The van der Waals surface area contributed by atoms with E-state index < -0.39 is 0 Å². The molecule has 0 atom stereocenters. The summed E-state index contributed by atoms with van der Waals surface area (Å²) in [4.78, 5) is 14.9. The summed E-state index contributed by atoms with van der Waals surface area (Å²) in [7, 11) is 1.82. The van der Waals surface area contributed by atoms with E-state index in [0.717, 1.165) is 19.6 Å². The van der Waals surface area contributed by atoms with Gasteiger partial charge in [-0.15, -0.1) is 0 Å². The molecule has 11 heavy (non-hydrogen) atoms. The first kappa shape index (κ1) is 8.33. The molecule has 1 N–H and O–H groups in total. The van der Waals surface area contributed by atoms with Crippen molar-refractivity contribution < 1.29 is 4.79 Å². The second-order valence-electron chi connectivity index (χ2n) is 2.72. The Balaban J connectivity index is 2.39. The van der Waals surface area contributed by atoms with Crippen LogP contribution in [-0.2, 0) is 0 Å². The van der Waals surface area contributed by atoms with Gasteiger partial charge in [0.15, 0.2) is 0 Å². The smallest absolute Gasteiger partial charge is 0.320 e. The van der Waals surface area contributed by atoms with Crippen LogP contribution in [0.2, 0.25) is 0 Å². The van der Waals surface area contributed by atoms with E-state index in [1.165, 1.54) is 0 Å². The molecule has 1 aliphatic rings. The van der Waals surface area contributed by atoms with Crippen molar-refractivity contribution in [3.05, 3.63) is 0 Å². The minimum atomic E-state index is 0.123. The van der Waals surface area contributed by atoms with E-state index in [1.807, 2.05) is 18.9 Å². The van der Waals surface area contributed by atoms with Gasteiger partial charge in [-0.3, -0.25) is 5.32 Å². The zero-order chi connectivity index (χ0) is 8.27. The summed E-state index contributed by atoms with van der Waals surface area (Å²) in [5, 5.41) is 3.11. The van der Waals surface area contributed by atoms with Crippen LogP contribution in [0.25, 0.3) is 0 Å². The molecule has 0 aromatic rings. The Hall–Kier alpha value is -0.770. The maximum absolute atomic E-state index is 11.4. The largest absolute Gasteiger partial charge is 0.328 e. The van der Waals surface area contributed by atoms with E-state index in [2.05, 4.69) is 5.32 Å². The third kappa shape index (κ3) is 1.83. The fourth-order valence-electron chi connectivity index (χ4n) is 1.05. The Bertz CT molecular complexity index is 143. The van der Waals surface area contributed by atoms with Gasteiger partial charge < -0.3 is 9.80 Å². The van der Waals surface area contributed by atoms with Gasteiger partial charge in [-0.05, 0) is 6.92 Å². The second kappa shape index (κ2) is 3.57. The summed E-state index contributed by atoms with van der Waals surface area (Å²) < 4.78 is 0. The molecule has 0 spiro atoms. The Labute approximate surface area is 67.2 Å². The number of nitrogens with zero attached hydrogens (tertiary/aromatic N) is 2. The average Bonchev–Trinajstić information content (AvgIpc) is 2.53. The van der Waals surface area contributed by atoms with E-state index in [-0.39, 0.29) is 6.03 Å². The molecule has 0 aliphatic carbocycles. The van der Waals surface area contributed by atoms with Crippen LogP contribution in [-0.4, -0.2) is 49.2 Å². The van der Waals surface area contributed by atoms with Crippen molar-refractivity contribution in [1.29, 1.82) is 0 Å². The number of hydrogen-bond donors (Lipinski definition) is 1. The molecule has 0 bridgehead atoms. The van der Waals surface area contributed by atoms with Crippen molar-refractivity contribution >= 4 is 6.03 Å². The number of hydrogen-bond acceptors (Lipinski definition) is 2. The second-order valence-corrected chi connectivity index (χ2v) is 2.72. The van der Waals surface area contributed by atoms with Crippen molar-refractivity contribution in [2.24, 2.45) is 0 Å². The van der Waals surface area contributed by atoms with Crippen LogP contribution in [0, 0.1) is 0 Å². The van der Waals surface area contributed by atoms with Gasteiger partial charge in [0.2, 0.25) is 0 Å². The summed E-state index contributed by atoms with van der Waals surface area (Å²) in [6.45, 7) is 5.20. The monoisotopic (exact) mass is 157 g/mol. The van der Waals surface area contributed by atoms with Gasteiger partial charge in [0.1, 0.15) is 0 Å². The van der Waals surface area contributed by atoms with Crippen LogP contribution in [0.4, 0.5) is 4.79 Å². The number of rotatable bonds is 1. The first-order valence-electron chi connectivity index (χ1n) is 3.96. The normalized spacial score (nSPS) is 17.1. The molecule has 0 aromatic carbocycles. The van der Waals surface area contributed by atoms with E-state index in [9.17, 15) is 4.79 Å². The quantitative estimate of drug-likeness (QED) is 0.578. The highest BCUT2D eigenvalue weighted by molar-refractivity contribution is 5.74. The Morgan fingerprint density at radius 1 is 1.73 bits per heavy atom. The molecule has 1 rings (SSSR count). The molecule has 4 heteroatoms. The number of carbonyl (C=O) groups excluding carboxylic acids is 1. The number of nitrogens with one attached hydrogen (secondary N) is 1. The lowest BCUT2D eigenvalue weighted by Gasteiger charge is -2.22. The minimum Gasteiger partial charge on any atom is -0.328 e. The van der Waals surface area contributed by atoms with Crippen LogP contribution >= 0.6 is 0 Å². The van der Waals surface area contributed by atoms with Crippen LogP contribution in [0.1, 0.15) is 6.92 Å². The Morgan fingerprint density at radius 2 is 2.45 bits per heavy atom. The standard InChI is InChI=1S/C7H15N3O/c1-3-9(2)7(11)10-5-4-8-6-10/h8H,3-6H2,1-2H3. The van der Waals surface area contributed by atoms with Crippen molar-refractivity contribution in [1.82, 2.24) is 15.1 Å². The predicted molar refractivity (Wildman–Crippen MR) is 43.3 cm³/mol. The van der Waals surface area contributed by atoms with E-state index in [0.29, 0.717) is 6.67 Å². The van der Waals surface area contributed by atoms with Gasteiger partial charge >= 0.3 is 6.03 Å². The molecule has 4 nitrogen and oxygen atoms in total. The van der Waals surface area contributed by atoms with Crippen LogP contribution in [0.5, 0.6) is 0 Å². The maximum atomic E-state index is 11.4. The highest BCUT2D eigenvalue weighted by Crippen LogP contribution is 1.98. The average molecular weight is 157 g/mol. The molecule has 1 fully saturated rings. The molecule has 2 amide bonds. The number of urea groups is 1. The Morgan fingerprint density at radius 3 is 2.91 bits per heavy atom. The van der Waals surface area contributed by atoms with Crippen LogP contribution < -0.4 is 5.32 Å². The highest BCUT2D eigenvalue weighted by atomic mass is 16.2. The molecule has 0 radical (unpaired) electrons. The highest BCUT2D eigenvalue weighted by Gasteiger charge is 2.19. The molecule has 1 heterocycles. The molecule has 1 aliphatic heterocycles. The van der Waals surface area contributed by atoms with Crippen LogP contribution in [0.15, 0.2) is 0 Å². The van der Waals surface area contributed by atoms with Gasteiger partial charge in [-0.25, -0.2) is 4.79 Å². The van der Waals surface area contributed by atoms with Gasteiger partial charge in [-0.2, -0.15) is 0 Å². The summed E-state index contributed by atoms with van der Waals surface area (Å²) in [6, 6.07) is 0.123.